The Morgan fingerprint density at radius 1 is 0.714 bits per heavy atom. The number of hydrogen-bond acceptors (Lipinski definition) is 4. The summed E-state index contributed by atoms with van der Waals surface area (Å²) in [6, 6.07) is 0. The average molecular weight is 232 g/mol. The van der Waals surface area contributed by atoms with Gasteiger partial charge in [-0.3, -0.25) is 0 Å². The fraction of sp³-hybridized carbons (Fsp3) is 1.00. The molecule has 0 radical (unpaired) electrons. The van der Waals surface area contributed by atoms with E-state index in [1.54, 1.807) is 0 Å². The van der Waals surface area contributed by atoms with Gasteiger partial charge in [0.2, 0.25) is 0 Å². The Morgan fingerprint density at radius 2 is 1.21 bits per heavy atom. The van der Waals surface area contributed by atoms with E-state index < -0.39 is 0 Å². The Labute approximate surface area is 94.8 Å². The van der Waals surface area contributed by atoms with E-state index in [-0.39, 0.29) is 0 Å². The normalized spacial score (nSPS) is 34.3. The van der Waals surface area contributed by atoms with E-state index >= 15 is 0 Å². The van der Waals surface area contributed by atoms with Crippen LogP contribution in [0.5, 0.6) is 0 Å². The van der Waals surface area contributed by atoms with Gasteiger partial charge in [0.05, 0.1) is 10.7 Å². The molecule has 0 aromatic carbocycles. The van der Waals surface area contributed by atoms with Crippen molar-refractivity contribution in [1.29, 1.82) is 0 Å². The molecule has 2 aliphatic rings. The van der Waals surface area contributed by atoms with Crippen LogP contribution in [0.4, 0.5) is 0 Å². The molecule has 82 valence electrons. The summed E-state index contributed by atoms with van der Waals surface area (Å²) < 4.78 is 0. The molecule has 0 aromatic heterocycles. The maximum Gasteiger partial charge on any atom is 0.0637 e. The van der Waals surface area contributed by atoms with Crippen LogP contribution in [0.3, 0.4) is 0 Å². The molecule has 2 aliphatic heterocycles. The molecule has 2 atom stereocenters. The molecule has 2 fully saturated rings. The molecule has 2 heterocycles. The monoisotopic (exact) mass is 232 g/mol. The first-order valence-electron chi connectivity index (χ1n) is 5.74. The average Bonchev–Trinajstić information content (AvgIpc) is 2.29. The minimum Gasteiger partial charge on any atom is -0.305 e. The molecule has 0 saturated carbocycles. The zero-order chi connectivity index (χ0) is 9.64. The summed E-state index contributed by atoms with van der Waals surface area (Å²) in [5, 5.41) is 8.56. The van der Waals surface area contributed by atoms with Gasteiger partial charge < -0.3 is 10.6 Å². The Kier molecular flexibility index (Phi) is 4.97. The summed E-state index contributed by atoms with van der Waals surface area (Å²) in [5.41, 5.74) is 0. The van der Waals surface area contributed by atoms with Crippen LogP contribution in [-0.4, -0.2) is 23.8 Å². The van der Waals surface area contributed by atoms with Gasteiger partial charge in [-0.1, -0.05) is 21.6 Å². The molecule has 2 N–H and O–H groups in total. The molecule has 2 nitrogen and oxygen atoms in total. The molecule has 0 aliphatic carbocycles. The number of hydrogen-bond donors (Lipinski definition) is 2. The first-order valence-corrected chi connectivity index (χ1v) is 8.02. The second-order valence-electron chi connectivity index (χ2n) is 4.07. The lowest BCUT2D eigenvalue weighted by atomic mass is 10.2. The van der Waals surface area contributed by atoms with Crippen LogP contribution >= 0.6 is 21.6 Å². The maximum atomic E-state index is 3.57. The zero-order valence-electron chi connectivity index (χ0n) is 8.63. The summed E-state index contributed by atoms with van der Waals surface area (Å²) in [6.45, 7) is 2.44. The van der Waals surface area contributed by atoms with Crippen LogP contribution < -0.4 is 10.6 Å². The highest BCUT2D eigenvalue weighted by Crippen LogP contribution is 2.35. The van der Waals surface area contributed by atoms with Crippen molar-refractivity contribution in [3.63, 3.8) is 0 Å². The number of piperidine rings is 2. The van der Waals surface area contributed by atoms with Gasteiger partial charge in [-0.15, -0.1) is 0 Å². The van der Waals surface area contributed by atoms with E-state index in [1.807, 2.05) is 21.6 Å². The summed E-state index contributed by atoms with van der Waals surface area (Å²) in [7, 11) is 4.09. The van der Waals surface area contributed by atoms with E-state index in [1.165, 1.54) is 51.6 Å². The van der Waals surface area contributed by atoms with Gasteiger partial charge in [0, 0.05) is 0 Å². The van der Waals surface area contributed by atoms with Crippen molar-refractivity contribution < 1.29 is 0 Å². The highest BCUT2D eigenvalue weighted by atomic mass is 33.1. The summed E-state index contributed by atoms with van der Waals surface area (Å²) in [4.78, 5) is 0. The van der Waals surface area contributed by atoms with Crippen LogP contribution in [0.25, 0.3) is 0 Å². The van der Waals surface area contributed by atoms with Gasteiger partial charge in [0.25, 0.3) is 0 Å². The Balaban J connectivity index is 1.60. The van der Waals surface area contributed by atoms with Gasteiger partial charge in [0.15, 0.2) is 0 Å². The maximum absolute atomic E-state index is 3.57. The van der Waals surface area contributed by atoms with Crippen molar-refractivity contribution in [3.05, 3.63) is 0 Å². The van der Waals surface area contributed by atoms with Gasteiger partial charge in [-0.05, 0) is 51.6 Å². The van der Waals surface area contributed by atoms with Crippen LogP contribution in [0.2, 0.25) is 0 Å². The van der Waals surface area contributed by atoms with Crippen molar-refractivity contribution >= 4 is 21.6 Å². The molecule has 0 aromatic rings. The number of nitrogens with one attached hydrogen (secondary N) is 2. The first-order chi connectivity index (χ1) is 6.95. The second-order valence-corrected chi connectivity index (χ2v) is 6.75. The topological polar surface area (TPSA) is 24.1 Å². The van der Waals surface area contributed by atoms with Crippen LogP contribution in [0.1, 0.15) is 38.5 Å². The lowest BCUT2D eigenvalue weighted by Gasteiger charge is -2.26. The molecule has 0 amide bonds. The lowest BCUT2D eigenvalue weighted by molar-refractivity contribution is 0.490. The highest BCUT2D eigenvalue weighted by molar-refractivity contribution is 8.77. The fourth-order valence-corrected chi connectivity index (χ4v) is 4.89. The SMILES string of the molecule is C1CCC(SSC2CCCCN2)NC1. The van der Waals surface area contributed by atoms with E-state index in [4.69, 9.17) is 0 Å². The molecule has 2 unspecified atom stereocenters. The zero-order valence-corrected chi connectivity index (χ0v) is 10.3. The molecule has 14 heavy (non-hydrogen) atoms. The van der Waals surface area contributed by atoms with Gasteiger partial charge in [-0.25, -0.2) is 0 Å². The fourth-order valence-electron chi connectivity index (χ4n) is 1.94. The molecular formula is C10H20N2S2. The second kappa shape index (κ2) is 6.26. The Bertz CT molecular complexity index is 136. The number of rotatable bonds is 3. The lowest BCUT2D eigenvalue weighted by Crippen LogP contribution is -2.33. The third-order valence-corrected chi connectivity index (χ3v) is 5.93. The Morgan fingerprint density at radius 3 is 1.57 bits per heavy atom. The molecule has 4 heteroatoms. The molecule has 2 saturated heterocycles. The van der Waals surface area contributed by atoms with Gasteiger partial charge in [-0.2, -0.15) is 0 Å². The minimum atomic E-state index is 0.706. The minimum absolute atomic E-state index is 0.706. The van der Waals surface area contributed by atoms with E-state index in [2.05, 4.69) is 10.6 Å². The summed E-state index contributed by atoms with van der Waals surface area (Å²) in [5.74, 6) is 0. The van der Waals surface area contributed by atoms with Crippen molar-refractivity contribution in [3.8, 4) is 0 Å². The molecular weight excluding hydrogens is 212 g/mol. The third kappa shape index (κ3) is 3.65. The standard InChI is InChI=1S/C10H20N2S2/c1-3-7-11-9(5-1)13-14-10-6-2-4-8-12-10/h9-12H,1-8H2. The predicted octanol–water partition coefficient (Wildman–Crippen LogP) is 2.57. The van der Waals surface area contributed by atoms with Crippen LogP contribution in [0, 0.1) is 0 Å². The smallest absolute Gasteiger partial charge is 0.0637 e. The molecule has 0 spiro atoms. The van der Waals surface area contributed by atoms with Crippen molar-refractivity contribution in [1.82, 2.24) is 10.6 Å². The first kappa shape index (κ1) is 11.1. The molecule has 2 rings (SSSR count). The van der Waals surface area contributed by atoms with Gasteiger partial charge in [0.1, 0.15) is 0 Å². The quantitative estimate of drug-likeness (QED) is 0.730. The highest BCUT2D eigenvalue weighted by Gasteiger charge is 2.18. The van der Waals surface area contributed by atoms with Crippen LogP contribution in [-0.2, 0) is 0 Å². The third-order valence-electron chi connectivity index (χ3n) is 2.82. The van der Waals surface area contributed by atoms with Crippen LogP contribution in [0.15, 0.2) is 0 Å². The van der Waals surface area contributed by atoms with Crippen molar-refractivity contribution in [2.75, 3.05) is 13.1 Å². The Hall–Kier alpha value is 0.620. The van der Waals surface area contributed by atoms with Gasteiger partial charge >= 0.3 is 0 Å². The largest absolute Gasteiger partial charge is 0.305 e. The van der Waals surface area contributed by atoms with E-state index in [0.29, 0.717) is 10.7 Å². The summed E-state index contributed by atoms with van der Waals surface area (Å²) >= 11 is 0. The summed E-state index contributed by atoms with van der Waals surface area (Å²) in [6.07, 6.45) is 8.24. The molecule has 0 bridgehead atoms. The van der Waals surface area contributed by atoms with Crippen molar-refractivity contribution in [2.45, 2.75) is 49.3 Å². The van der Waals surface area contributed by atoms with E-state index in [9.17, 15) is 0 Å². The van der Waals surface area contributed by atoms with Crippen molar-refractivity contribution in [2.24, 2.45) is 0 Å². The predicted molar refractivity (Wildman–Crippen MR) is 66.5 cm³/mol. The van der Waals surface area contributed by atoms with E-state index in [0.717, 1.165) is 0 Å².